The van der Waals surface area contributed by atoms with Crippen molar-refractivity contribution < 1.29 is 18.3 Å². The first-order valence-corrected chi connectivity index (χ1v) is 15.9. The Morgan fingerprint density at radius 3 is 2.17 bits per heavy atom. The zero-order valence-electron chi connectivity index (χ0n) is 26.5. The van der Waals surface area contributed by atoms with Crippen LogP contribution in [0.15, 0.2) is 93.4 Å². The summed E-state index contributed by atoms with van der Waals surface area (Å²) in [6.07, 6.45) is 6.65. The van der Waals surface area contributed by atoms with Gasteiger partial charge in [-0.15, -0.1) is 0 Å². The molecule has 3 aromatic carbocycles. The molecule has 0 fully saturated rings. The fourth-order valence-electron chi connectivity index (χ4n) is 6.00. The highest BCUT2D eigenvalue weighted by atomic mass is 32.1. The molecule has 0 spiro atoms. The van der Waals surface area contributed by atoms with Gasteiger partial charge in [-0.2, -0.15) is 8.78 Å². The van der Waals surface area contributed by atoms with Crippen molar-refractivity contribution in [1.82, 2.24) is 4.57 Å². The number of nitrogens with zero attached hydrogens (tertiary/aromatic N) is 4. The lowest BCUT2D eigenvalue weighted by molar-refractivity contribution is -0.0512. The van der Waals surface area contributed by atoms with Gasteiger partial charge in [0, 0.05) is 39.6 Å². The third-order valence-corrected chi connectivity index (χ3v) is 9.29. The molecule has 7 nitrogen and oxygen atoms in total. The van der Waals surface area contributed by atoms with Gasteiger partial charge < -0.3 is 19.3 Å². The maximum absolute atomic E-state index is 14.2. The second-order valence-electron chi connectivity index (χ2n) is 11.7. The Hall–Kier alpha value is -4.70. The molecule has 2 heterocycles. The molecule has 238 valence electrons. The normalized spacial score (nSPS) is 17.1. The standard InChI is InChI=1S/C36H36F2N4O3S/c1-40(2)26-14-9-22(10-15-26)19-25-7-6-8-28-32(25)39-36-42(33(28)24-12-16-27(17-13-24)41(3)4)34(43)31(46-36)21-23-11-18-29(45-35(37)38)30(20-23)44-5/h9-21,33,35H,6-8H2,1-5H3/b25-19+,31-21-. The molecular weight excluding hydrogens is 606 g/mol. The summed E-state index contributed by atoms with van der Waals surface area (Å²) < 4.78 is 37.9. The van der Waals surface area contributed by atoms with Crippen molar-refractivity contribution in [2.75, 3.05) is 45.1 Å². The molecule has 0 saturated carbocycles. The minimum absolute atomic E-state index is 0.0689. The quantitative estimate of drug-likeness (QED) is 0.228. The summed E-state index contributed by atoms with van der Waals surface area (Å²) in [7, 11) is 9.44. The Labute approximate surface area is 270 Å². The van der Waals surface area contributed by atoms with Crippen LogP contribution < -0.4 is 34.2 Å². The number of halogens is 2. The molecule has 1 aliphatic heterocycles. The summed E-state index contributed by atoms with van der Waals surface area (Å²) >= 11 is 1.32. The van der Waals surface area contributed by atoms with Gasteiger partial charge in [0.1, 0.15) is 0 Å². The smallest absolute Gasteiger partial charge is 0.387 e. The molecule has 0 bridgehead atoms. The second kappa shape index (κ2) is 13.0. The van der Waals surface area contributed by atoms with Crippen LogP contribution in [0.5, 0.6) is 11.5 Å². The van der Waals surface area contributed by atoms with Gasteiger partial charge in [-0.25, -0.2) is 4.99 Å². The largest absolute Gasteiger partial charge is 0.493 e. The van der Waals surface area contributed by atoms with Crippen molar-refractivity contribution in [3.8, 4) is 11.5 Å². The van der Waals surface area contributed by atoms with Crippen LogP contribution in [0.4, 0.5) is 20.2 Å². The lowest BCUT2D eigenvalue weighted by atomic mass is 9.83. The Kier molecular flexibility index (Phi) is 8.82. The lowest BCUT2D eigenvalue weighted by Crippen LogP contribution is -2.39. The summed E-state index contributed by atoms with van der Waals surface area (Å²) in [5.41, 5.74) is 8.05. The first-order valence-electron chi connectivity index (χ1n) is 15.1. The Bertz CT molecular complexity index is 1990. The summed E-state index contributed by atoms with van der Waals surface area (Å²) in [4.78, 5) is 24.0. The molecule has 2 aliphatic rings. The number of ether oxygens (including phenoxy) is 2. The molecule has 1 aromatic heterocycles. The van der Waals surface area contributed by atoms with Gasteiger partial charge in [-0.1, -0.05) is 41.7 Å². The average Bonchev–Trinajstić information content (AvgIpc) is 3.35. The van der Waals surface area contributed by atoms with E-state index < -0.39 is 6.61 Å². The third kappa shape index (κ3) is 6.22. The predicted octanol–water partition coefficient (Wildman–Crippen LogP) is 6.22. The van der Waals surface area contributed by atoms with Gasteiger partial charge in [-0.05, 0) is 95.6 Å². The van der Waals surface area contributed by atoms with Crippen molar-refractivity contribution >= 4 is 34.9 Å². The van der Waals surface area contributed by atoms with Crippen LogP contribution in [-0.4, -0.2) is 46.5 Å². The number of thiazole rings is 1. The van der Waals surface area contributed by atoms with Crippen LogP contribution in [0.1, 0.15) is 42.0 Å². The number of rotatable bonds is 8. The first kappa shape index (κ1) is 31.3. The van der Waals surface area contributed by atoms with Gasteiger partial charge in [0.05, 0.1) is 23.4 Å². The van der Waals surface area contributed by atoms with Crippen molar-refractivity contribution in [2.24, 2.45) is 4.99 Å². The number of allylic oxidation sites excluding steroid dienone is 2. The number of methoxy groups -OCH3 is 1. The summed E-state index contributed by atoms with van der Waals surface area (Å²) in [6, 6.07) is 21.1. The zero-order valence-corrected chi connectivity index (χ0v) is 27.3. The van der Waals surface area contributed by atoms with Crippen LogP contribution in [-0.2, 0) is 0 Å². The minimum atomic E-state index is -2.97. The number of fused-ring (bicyclic) bond motifs is 1. The van der Waals surface area contributed by atoms with E-state index in [9.17, 15) is 13.6 Å². The van der Waals surface area contributed by atoms with Crippen LogP contribution >= 0.6 is 11.3 Å². The van der Waals surface area contributed by atoms with E-state index in [-0.39, 0.29) is 23.1 Å². The Balaban J connectivity index is 1.50. The van der Waals surface area contributed by atoms with Gasteiger partial charge >= 0.3 is 6.61 Å². The van der Waals surface area contributed by atoms with Crippen molar-refractivity contribution in [1.29, 1.82) is 0 Å². The first-order chi connectivity index (χ1) is 22.1. The molecule has 6 rings (SSSR count). The van der Waals surface area contributed by atoms with E-state index in [0.29, 0.717) is 14.9 Å². The number of anilines is 2. The molecule has 46 heavy (non-hydrogen) atoms. The van der Waals surface area contributed by atoms with Crippen molar-refractivity contribution in [3.05, 3.63) is 120 Å². The van der Waals surface area contributed by atoms with Gasteiger partial charge in [0.2, 0.25) is 0 Å². The molecule has 4 aromatic rings. The summed E-state index contributed by atoms with van der Waals surface area (Å²) in [5, 5.41) is 0. The summed E-state index contributed by atoms with van der Waals surface area (Å²) in [5.74, 6) is 0.0881. The maximum atomic E-state index is 14.2. The Morgan fingerprint density at radius 2 is 1.54 bits per heavy atom. The summed E-state index contributed by atoms with van der Waals surface area (Å²) in [6.45, 7) is -2.97. The van der Waals surface area contributed by atoms with Gasteiger partial charge in [0.25, 0.3) is 5.56 Å². The molecule has 1 unspecified atom stereocenters. The molecule has 0 N–H and O–H groups in total. The predicted molar refractivity (Wildman–Crippen MR) is 181 cm³/mol. The molecular formula is C36H36F2N4O3S. The van der Waals surface area contributed by atoms with Crippen LogP contribution in [0.3, 0.4) is 0 Å². The van der Waals surface area contributed by atoms with E-state index in [0.717, 1.165) is 58.6 Å². The van der Waals surface area contributed by atoms with E-state index in [1.165, 1.54) is 24.5 Å². The van der Waals surface area contributed by atoms with Gasteiger partial charge in [0.15, 0.2) is 16.3 Å². The second-order valence-corrected chi connectivity index (χ2v) is 12.7. The zero-order chi connectivity index (χ0) is 32.5. The fourth-order valence-corrected chi connectivity index (χ4v) is 7.00. The molecule has 0 radical (unpaired) electrons. The molecule has 1 atom stereocenters. The van der Waals surface area contributed by atoms with E-state index in [1.807, 2.05) is 28.2 Å². The van der Waals surface area contributed by atoms with Crippen molar-refractivity contribution in [2.45, 2.75) is 31.9 Å². The maximum Gasteiger partial charge on any atom is 0.387 e. The monoisotopic (exact) mass is 642 g/mol. The van der Waals surface area contributed by atoms with E-state index >= 15 is 0 Å². The molecule has 0 amide bonds. The van der Waals surface area contributed by atoms with Crippen molar-refractivity contribution in [3.63, 3.8) is 0 Å². The minimum Gasteiger partial charge on any atom is -0.493 e. The molecule has 10 heteroatoms. The van der Waals surface area contributed by atoms with E-state index in [1.54, 1.807) is 22.8 Å². The van der Waals surface area contributed by atoms with Gasteiger partial charge in [-0.3, -0.25) is 9.36 Å². The number of hydrogen-bond acceptors (Lipinski definition) is 7. The van der Waals surface area contributed by atoms with Crippen LogP contribution in [0.2, 0.25) is 0 Å². The third-order valence-electron chi connectivity index (χ3n) is 8.31. The molecule has 0 saturated heterocycles. The number of hydrogen-bond donors (Lipinski definition) is 0. The average molecular weight is 643 g/mol. The highest BCUT2D eigenvalue weighted by Crippen LogP contribution is 2.41. The number of aromatic nitrogens is 1. The highest BCUT2D eigenvalue weighted by Gasteiger charge is 2.32. The topological polar surface area (TPSA) is 59.3 Å². The molecule has 1 aliphatic carbocycles. The lowest BCUT2D eigenvalue weighted by Gasteiger charge is -2.31. The van der Waals surface area contributed by atoms with E-state index in [4.69, 9.17) is 9.73 Å². The SMILES string of the molecule is COc1cc(/C=c2\sc3n(c2=O)C(c2ccc(N(C)C)cc2)C2=C(N=3)/C(=C/c3ccc(N(C)C)cc3)CCC2)ccc1OC(F)F. The van der Waals surface area contributed by atoms with Crippen LogP contribution in [0, 0.1) is 0 Å². The number of benzene rings is 3. The van der Waals surface area contributed by atoms with E-state index in [2.05, 4.69) is 69.1 Å². The number of alkyl halides is 2. The van der Waals surface area contributed by atoms with Crippen LogP contribution in [0.25, 0.3) is 12.2 Å². The highest BCUT2D eigenvalue weighted by molar-refractivity contribution is 7.07. The Morgan fingerprint density at radius 1 is 0.891 bits per heavy atom. The fraction of sp³-hybridized carbons (Fsp3) is 0.278.